The van der Waals surface area contributed by atoms with Crippen molar-refractivity contribution in [3.63, 3.8) is 0 Å². The van der Waals surface area contributed by atoms with E-state index >= 15 is 0 Å². The molecular weight excluding hydrogens is 494 g/mol. The molecule has 198 valence electrons. The standard InChI is InChI=1S/C28H29N9O2/c29-12-16-1-4-26(33-13-16)37-7-5-19(6-8-37)34-23-11-25(32-15-21(23)27(30)38)36-24-3-2-17(14-31-24)20-9-18-10-22(20)35-28(18)39/h1-4,11,13-15,18-20,22H,5-10H2,(H2,30,38)(H,35,39)(H2,31,32,34,36)/t18-,20?,22+/m1/s1. The van der Waals surface area contributed by atoms with Gasteiger partial charge in [-0.2, -0.15) is 5.26 Å². The minimum absolute atomic E-state index is 0.122. The molecule has 2 bridgehead atoms. The predicted octanol–water partition coefficient (Wildman–Crippen LogP) is 2.66. The fourth-order valence-electron chi connectivity index (χ4n) is 5.86. The number of rotatable bonds is 7. The molecule has 1 saturated carbocycles. The molecule has 5 heterocycles. The van der Waals surface area contributed by atoms with Crippen LogP contribution in [0.5, 0.6) is 0 Å². The molecule has 1 unspecified atom stereocenters. The van der Waals surface area contributed by atoms with Gasteiger partial charge in [-0.25, -0.2) is 15.0 Å². The second-order valence-corrected chi connectivity index (χ2v) is 10.4. The molecule has 2 saturated heterocycles. The smallest absolute Gasteiger partial charge is 0.252 e. The number of piperidine rings is 2. The molecule has 11 heteroatoms. The first-order chi connectivity index (χ1) is 19.0. The second-order valence-electron chi connectivity index (χ2n) is 10.4. The monoisotopic (exact) mass is 523 g/mol. The number of amides is 2. The lowest BCUT2D eigenvalue weighted by Gasteiger charge is -2.34. The normalized spacial score (nSPS) is 22.3. The number of nitriles is 1. The topological polar surface area (TPSA) is 162 Å². The zero-order valence-electron chi connectivity index (χ0n) is 21.3. The molecule has 3 aromatic heterocycles. The van der Waals surface area contributed by atoms with E-state index in [-0.39, 0.29) is 23.9 Å². The van der Waals surface area contributed by atoms with Crippen molar-refractivity contribution in [3.8, 4) is 6.07 Å². The molecule has 3 aliphatic rings. The molecule has 0 radical (unpaired) electrons. The lowest BCUT2D eigenvalue weighted by atomic mass is 9.92. The van der Waals surface area contributed by atoms with Crippen LogP contribution in [0.15, 0.2) is 48.9 Å². The number of nitrogens with one attached hydrogen (secondary N) is 3. The van der Waals surface area contributed by atoms with Crippen LogP contribution < -0.4 is 26.6 Å². The van der Waals surface area contributed by atoms with Crippen LogP contribution in [0.25, 0.3) is 0 Å². The van der Waals surface area contributed by atoms with Crippen LogP contribution in [0, 0.1) is 17.2 Å². The van der Waals surface area contributed by atoms with Crippen molar-refractivity contribution in [2.24, 2.45) is 11.7 Å². The van der Waals surface area contributed by atoms with Crippen molar-refractivity contribution in [2.75, 3.05) is 28.6 Å². The van der Waals surface area contributed by atoms with E-state index in [0.717, 1.165) is 50.2 Å². The number of carbonyl (C=O) groups excluding carboxylic acids is 2. The van der Waals surface area contributed by atoms with Crippen molar-refractivity contribution < 1.29 is 9.59 Å². The van der Waals surface area contributed by atoms with Crippen molar-refractivity contribution in [1.29, 1.82) is 5.26 Å². The molecule has 3 fully saturated rings. The largest absolute Gasteiger partial charge is 0.381 e. The fourth-order valence-corrected chi connectivity index (χ4v) is 5.86. The third-order valence-electron chi connectivity index (χ3n) is 7.96. The Morgan fingerprint density at radius 2 is 1.87 bits per heavy atom. The summed E-state index contributed by atoms with van der Waals surface area (Å²) in [6.45, 7) is 1.59. The van der Waals surface area contributed by atoms with E-state index in [1.54, 1.807) is 18.3 Å². The van der Waals surface area contributed by atoms with E-state index in [2.05, 4.69) is 41.9 Å². The van der Waals surface area contributed by atoms with Crippen molar-refractivity contribution >= 4 is 35.0 Å². The first kappa shape index (κ1) is 24.6. The van der Waals surface area contributed by atoms with Crippen LogP contribution in [-0.2, 0) is 4.79 Å². The van der Waals surface area contributed by atoms with Crippen LogP contribution in [-0.4, -0.2) is 51.9 Å². The third-order valence-corrected chi connectivity index (χ3v) is 7.96. The minimum atomic E-state index is -0.545. The number of hydrogen-bond donors (Lipinski definition) is 4. The first-order valence-corrected chi connectivity index (χ1v) is 13.2. The Balaban J connectivity index is 1.10. The molecule has 5 N–H and O–H groups in total. The zero-order chi connectivity index (χ0) is 26.9. The third kappa shape index (κ3) is 5.05. The number of primary amides is 1. The van der Waals surface area contributed by atoms with Gasteiger partial charge in [0.15, 0.2) is 0 Å². The number of fused-ring (bicyclic) bond motifs is 2. The summed E-state index contributed by atoms with van der Waals surface area (Å²) in [5.41, 5.74) is 8.26. The number of hydrogen-bond acceptors (Lipinski definition) is 9. The molecule has 3 atom stereocenters. The molecule has 3 aromatic rings. The van der Waals surface area contributed by atoms with Gasteiger partial charge in [-0.15, -0.1) is 0 Å². The highest BCUT2D eigenvalue weighted by atomic mass is 16.2. The highest BCUT2D eigenvalue weighted by Gasteiger charge is 2.45. The van der Waals surface area contributed by atoms with Gasteiger partial charge in [-0.05, 0) is 49.4 Å². The van der Waals surface area contributed by atoms with Crippen LogP contribution >= 0.6 is 0 Å². The predicted molar refractivity (Wildman–Crippen MR) is 145 cm³/mol. The molecule has 0 aromatic carbocycles. The molecule has 0 spiro atoms. The number of nitrogens with zero attached hydrogens (tertiary/aromatic N) is 5. The number of pyridine rings is 3. The maximum Gasteiger partial charge on any atom is 0.252 e. The van der Waals surface area contributed by atoms with Gasteiger partial charge in [-0.3, -0.25) is 9.59 Å². The van der Waals surface area contributed by atoms with Crippen molar-refractivity contribution in [2.45, 2.75) is 43.7 Å². The summed E-state index contributed by atoms with van der Waals surface area (Å²) in [4.78, 5) is 39.4. The first-order valence-electron chi connectivity index (χ1n) is 13.2. The molecule has 2 amide bonds. The lowest BCUT2D eigenvalue weighted by Crippen LogP contribution is -2.39. The number of nitrogens with two attached hydrogens (primary N) is 1. The SMILES string of the molecule is N#Cc1ccc(N2CCC(Nc3cc(Nc4ccc(C5C[C@@H]6C[C@@H]5NC6=O)cn4)ncc3C(N)=O)CC2)nc1. The van der Waals surface area contributed by atoms with Gasteiger partial charge in [0.2, 0.25) is 5.91 Å². The number of carbonyl (C=O) groups is 2. The van der Waals surface area contributed by atoms with E-state index in [9.17, 15) is 9.59 Å². The minimum Gasteiger partial charge on any atom is -0.381 e. The fraction of sp³-hybridized carbons (Fsp3) is 0.357. The Labute approximate surface area is 225 Å². The second kappa shape index (κ2) is 10.2. The van der Waals surface area contributed by atoms with Crippen molar-refractivity contribution in [1.82, 2.24) is 20.3 Å². The average Bonchev–Trinajstić information content (AvgIpc) is 3.54. The van der Waals surface area contributed by atoms with Crippen molar-refractivity contribution in [3.05, 3.63) is 65.6 Å². The number of anilines is 4. The van der Waals surface area contributed by atoms with Crippen LogP contribution in [0.2, 0.25) is 0 Å². The number of aromatic nitrogens is 3. The van der Waals surface area contributed by atoms with E-state index < -0.39 is 5.91 Å². The summed E-state index contributed by atoms with van der Waals surface area (Å²) >= 11 is 0. The highest BCUT2D eigenvalue weighted by molar-refractivity contribution is 5.98. The molecule has 1 aliphatic carbocycles. The van der Waals surface area contributed by atoms with Gasteiger partial charge >= 0.3 is 0 Å². The van der Waals surface area contributed by atoms with Gasteiger partial charge < -0.3 is 26.6 Å². The van der Waals surface area contributed by atoms with Gasteiger partial charge in [0.05, 0.1) is 16.8 Å². The van der Waals surface area contributed by atoms with E-state index in [0.29, 0.717) is 34.4 Å². The lowest BCUT2D eigenvalue weighted by molar-refractivity contribution is -0.123. The molecule has 6 rings (SSSR count). The Morgan fingerprint density at radius 1 is 1.05 bits per heavy atom. The van der Waals surface area contributed by atoms with Gasteiger partial charge in [0, 0.05) is 61.7 Å². The van der Waals surface area contributed by atoms with E-state index in [1.165, 1.54) is 6.20 Å². The summed E-state index contributed by atoms with van der Waals surface area (Å²) in [6.07, 6.45) is 8.39. The van der Waals surface area contributed by atoms with Gasteiger partial charge in [0.1, 0.15) is 23.5 Å². The summed E-state index contributed by atoms with van der Waals surface area (Å²) in [5, 5.41) is 18.8. The summed E-state index contributed by atoms with van der Waals surface area (Å²) in [6, 6.07) is 11.8. The average molecular weight is 524 g/mol. The highest BCUT2D eigenvalue weighted by Crippen LogP contribution is 2.42. The Hall–Kier alpha value is -4.72. The van der Waals surface area contributed by atoms with E-state index in [1.807, 2.05) is 24.4 Å². The quantitative estimate of drug-likeness (QED) is 0.365. The van der Waals surface area contributed by atoms with Gasteiger partial charge in [0.25, 0.3) is 5.91 Å². The van der Waals surface area contributed by atoms with E-state index in [4.69, 9.17) is 11.0 Å². The summed E-state index contributed by atoms with van der Waals surface area (Å²) in [5.74, 6) is 2.09. The Bertz CT molecular complexity index is 1430. The van der Waals surface area contributed by atoms with Crippen LogP contribution in [0.3, 0.4) is 0 Å². The van der Waals surface area contributed by atoms with Crippen LogP contribution in [0.4, 0.5) is 23.1 Å². The summed E-state index contributed by atoms with van der Waals surface area (Å²) < 4.78 is 0. The molecular formula is C28H29N9O2. The maximum absolute atomic E-state index is 12.1. The van der Waals surface area contributed by atoms with Crippen LogP contribution in [0.1, 0.15) is 53.1 Å². The molecule has 39 heavy (non-hydrogen) atoms. The van der Waals surface area contributed by atoms with Gasteiger partial charge in [-0.1, -0.05) is 6.07 Å². The molecule has 2 aliphatic heterocycles. The zero-order valence-corrected chi connectivity index (χ0v) is 21.3. The maximum atomic E-state index is 12.1. The Morgan fingerprint density at radius 3 is 2.49 bits per heavy atom. The summed E-state index contributed by atoms with van der Waals surface area (Å²) in [7, 11) is 0. The molecule has 11 nitrogen and oxygen atoms in total. The Kier molecular flexibility index (Phi) is 6.44.